The maximum Gasteiger partial charge on any atom is 0.323 e. The van der Waals surface area contributed by atoms with Gasteiger partial charge in [0.1, 0.15) is 13.2 Å². The minimum absolute atomic E-state index is 0.139. The van der Waals surface area contributed by atoms with Crippen LogP contribution in [0.5, 0.6) is 11.5 Å². The maximum absolute atomic E-state index is 12.4. The van der Waals surface area contributed by atoms with Crippen LogP contribution in [0.15, 0.2) is 64.0 Å². The minimum Gasteiger partial charge on any atom is -0.493 e. The van der Waals surface area contributed by atoms with Crippen molar-refractivity contribution in [2.24, 2.45) is 0 Å². The Morgan fingerprint density at radius 2 is 1.88 bits per heavy atom. The van der Waals surface area contributed by atoms with Crippen LogP contribution >= 0.6 is 27.7 Å². The highest BCUT2D eigenvalue weighted by molar-refractivity contribution is 9.10. The lowest BCUT2D eigenvalue weighted by Crippen LogP contribution is -2.33. The summed E-state index contributed by atoms with van der Waals surface area (Å²) in [5.74, 6) is -0.946. The van der Waals surface area contributed by atoms with E-state index in [2.05, 4.69) is 28.1 Å². The second-order valence-electron chi connectivity index (χ2n) is 7.17. The van der Waals surface area contributed by atoms with Gasteiger partial charge in [-0.2, -0.15) is 0 Å². The molecule has 2 amide bonds. The molecule has 1 N–H and O–H groups in total. The van der Waals surface area contributed by atoms with E-state index in [0.717, 1.165) is 16.3 Å². The summed E-state index contributed by atoms with van der Waals surface area (Å²) < 4.78 is 12.1. The molecule has 1 fully saturated rings. The number of hydrogen-bond acceptors (Lipinski definition) is 6. The van der Waals surface area contributed by atoms with Crippen LogP contribution in [0.1, 0.15) is 11.1 Å². The van der Waals surface area contributed by atoms with E-state index in [9.17, 15) is 14.4 Å². The van der Waals surface area contributed by atoms with Crippen molar-refractivity contribution in [3.05, 3.63) is 75.1 Å². The Morgan fingerprint density at radius 3 is 2.61 bits per heavy atom. The molecule has 1 aliphatic rings. The third-order valence-electron chi connectivity index (χ3n) is 4.91. The van der Waals surface area contributed by atoms with Crippen molar-refractivity contribution in [2.75, 3.05) is 13.7 Å². The number of carboxylic acids is 1. The number of thioether (sulfide) groups is 1. The number of carbonyl (C=O) groups is 3. The number of methoxy groups -OCH3 is 1. The summed E-state index contributed by atoms with van der Waals surface area (Å²) in [6.45, 7) is -0.343. The third-order valence-corrected chi connectivity index (χ3v) is 6.41. The zero-order valence-electron chi connectivity index (χ0n) is 17.4. The Morgan fingerprint density at radius 1 is 1.12 bits per heavy atom. The number of benzene rings is 3. The van der Waals surface area contributed by atoms with E-state index in [1.165, 1.54) is 13.2 Å². The average molecular weight is 528 g/mol. The van der Waals surface area contributed by atoms with Crippen molar-refractivity contribution < 1.29 is 29.0 Å². The number of carboxylic acid groups (broad SMARTS) is 1. The summed E-state index contributed by atoms with van der Waals surface area (Å²) in [6, 6.07) is 17.6. The van der Waals surface area contributed by atoms with Crippen LogP contribution in [-0.2, 0) is 16.2 Å². The van der Waals surface area contributed by atoms with Gasteiger partial charge in [-0.3, -0.25) is 19.3 Å². The Labute approximate surface area is 202 Å². The van der Waals surface area contributed by atoms with Crippen molar-refractivity contribution >= 4 is 61.7 Å². The van der Waals surface area contributed by atoms with Gasteiger partial charge in [0.05, 0.1) is 16.5 Å². The van der Waals surface area contributed by atoms with Gasteiger partial charge in [0.2, 0.25) is 0 Å². The molecule has 0 aliphatic carbocycles. The number of rotatable bonds is 7. The molecular weight excluding hydrogens is 510 g/mol. The lowest BCUT2D eigenvalue weighted by Gasteiger charge is -2.14. The molecule has 1 heterocycles. The normalized spacial score (nSPS) is 14.8. The summed E-state index contributed by atoms with van der Waals surface area (Å²) in [6.07, 6.45) is 1.52. The first-order valence-corrected chi connectivity index (χ1v) is 11.4. The first-order chi connectivity index (χ1) is 15.9. The number of halogens is 1. The summed E-state index contributed by atoms with van der Waals surface area (Å²) >= 11 is 4.19. The molecule has 1 aliphatic heterocycles. The molecule has 0 aromatic heterocycles. The molecule has 33 heavy (non-hydrogen) atoms. The smallest absolute Gasteiger partial charge is 0.323 e. The molecular formula is C24H18BrNO6S. The van der Waals surface area contributed by atoms with Gasteiger partial charge in [0.15, 0.2) is 11.5 Å². The Balaban J connectivity index is 1.55. The molecule has 0 atom stereocenters. The number of imide groups is 1. The van der Waals surface area contributed by atoms with Crippen LogP contribution in [-0.4, -0.2) is 40.8 Å². The Bertz CT molecular complexity index is 1310. The number of fused-ring (bicyclic) bond motifs is 1. The first-order valence-electron chi connectivity index (χ1n) is 9.81. The summed E-state index contributed by atoms with van der Waals surface area (Å²) in [7, 11) is 1.51. The van der Waals surface area contributed by atoms with E-state index in [4.69, 9.17) is 14.6 Å². The van der Waals surface area contributed by atoms with E-state index >= 15 is 0 Å². The van der Waals surface area contributed by atoms with Crippen molar-refractivity contribution in [3.63, 3.8) is 0 Å². The standard InChI is InChI=1S/C24H18BrNO6S/c1-31-19-10-15(11-20-23(29)26(12-21(27)28)24(30)33-20)9-18(25)22(19)32-13-14-6-7-16-4-2-3-5-17(16)8-14/h2-11H,12-13H2,1H3,(H,27,28)/b20-11+. The van der Waals surface area contributed by atoms with E-state index in [1.54, 1.807) is 12.1 Å². The molecule has 0 spiro atoms. The van der Waals surface area contributed by atoms with Crippen molar-refractivity contribution in [1.29, 1.82) is 0 Å². The number of aliphatic carboxylic acids is 1. The lowest BCUT2D eigenvalue weighted by molar-refractivity contribution is -0.140. The molecule has 3 aromatic rings. The van der Waals surface area contributed by atoms with Gasteiger partial charge in [-0.25, -0.2) is 0 Å². The second kappa shape index (κ2) is 9.68. The van der Waals surface area contributed by atoms with Crippen molar-refractivity contribution in [2.45, 2.75) is 6.61 Å². The molecule has 4 rings (SSSR count). The van der Waals surface area contributed by atoms with Crippen molar-refractivity contribution in [1.82, 2.24) is 4.90 Å². The van der Waals surface area contributed by atoms with E-state index in [1.807, 2.05) is 30.3 Å². The highest BCUT2D eigenvalue weighted by atomic mass is 79.9. The average Bonchev–Trinajstić information content (AvgIpc) is 3.04. The summed E-state index contributed by atoms with van der Waals surface area (Å²) in [5, 5.41) is 10.6. The monoisotopic (exact) mass is 527 g/mol. The topological polar surface area (TPSA) is 93.1 Å². The highest BCUT2D eigenvalue weighted by Crippen LogP contribution is 2.39. The third kappa shape index (κ3) is 5.04. The van der Waals surface area contributed by atoms with E-state index in [-0.39, 0.29) is 4.91 Å². The molecule has 168 valence electrons. The lowest BCUT2D eigenvalue weighted by atomic mass is 10.1. The highest BCUT2D eigenvalue weighted by Gasteiger charge is 2.36. The number of carbonyl (C=O) groups excluding carboxylic acids is 2. The fraction of sp³-hybridized carbons (Fsp3) is 0.125. The van der Waals surface area contributed by atoms with E-state index < -0.39 is 23.7 Å². The summed E-state index contributed by atoms with van der Waals surface area (Å²) in [5.41, 5.74) is 1.59. The fourth-order valence-corrected chi connectivity index (χ4v) is 4.78. The number of amides is 2. The molecule has 7 nitrogen and oxygen atoms in total. The van der Waals surface area contributed by atoms with Crippen LogP contribution < -0.4 is 9.47 Å². The van der Waals surface area contributed by atoms with E-state index in [0.29, 0.717) is 44.8 Å². The van der Waals surface area contributed by atoms with Gasteiger partial charge in [-0.1, -0.05) is 36.4 Å². The SMILES string of the molecule is COc1cc(/C=C2/SC(=O)N(CC(=O)O)C2=O)cc(Br)c1OCc1ccc2ccccc2c1. The van der Waals surface area contributed by atoms with Gasteiger partial charge in [0.25, 0.3) is 11.1 Å². The molecule has 3 aromatic carbocycles. The second-order valence-corrected chi connectivity index (χ2v) is 9.01. The minimum atomic E-state index is -1.25. The number of nitrogens with zero attached hydrogens (tertiary/aromatic N) is 1. The van der Waals surface area contributed by atoms with Gasteiger partial charge >= 0.3 is 5.97 Å². The predicted octanol–water partition coefficient (Wildman–Crippen LogP) is 5.31. The molecule has 0 radical (unpaired) electrons. The van der Waals surface area contributed by atoms with Gasteiger partial charge in [0, 0.05) is 0 Å². The zero-order valence-corrected chi connectivity index (χ0v) is 19.8. The van der Waals surface area contributed by atoms with Crippen LogP contribution in [0.3, 0.4) is 0 Å². The molecule has 0 bridgehead atoms. The Hall–Kier alpha value is -3.30. The molecule has 9 heteroatoms. The van der Waals surface area contributed by atoms with Crippen LogP contribution in [0.25, 0.3) is 16.8 Å². The van der Waals surface area contributed by atoms with Gasteiger partial charge in [-0.15, -0.1) is 0 Å². The van der Waals surface area contributed by atoms with Gasteiger partial charge < -0.3 is 14.6 Å². The molecule has 0 unspecified atom stereocenters. The maximum atomic E-state index is 12.4. The fourth-order valence-electron chi connectivity index (χ4n) is 3.37. The predicted molar refractivity (Wildman–Crippen MR) is 129 cm³/mol. The van der Waals surface area contributed by atoms with Crippen molar-refractivity contribution in [3.8, 4) is 11.5 Å². The summed E-state index contributed by atoms with van der Waals surface area (Å²) in [4.78, 5) is 36.1. The quantitative estimate of drug-likeness (QED) is 0.416. The largest absolute Gasteiger partial charge is 0.493 e. The van der Waals surface area contributed by atoms with Crippen LogP contribution in [0, 0.1) is 0 Å². The van der Waals surface area contributed by atoms with Gasteiger partial charge in [-0.05, 0) is 73.9 Å². The van der Waals surface area contributed by atoms with Crippen LogP contribution in [0.4, 0.5) is 4.79 Å². The Kier molecular flexibility index (Phi) is 6.71. The number of hydrogen-bond donors (Lipinski definition) is 1. The molecule has 1 saturated heterocycles. The van der Waals surface area contributed by atoms with Crippen LogP contribution in [0.2, 0.25) is 0 Å². The zero-order chi connectivity index (χ0) is 23.5. The molecule has 0 saturated carbocycles. The number of ether oxygens (including phenoxy) is 2. The first kappa shape index (κ1) is 22.9.